The molecule has 0 unspecified atom stereocenters. The Morgan fingerprint density at radius 2 is 2.05 bits per heavy atom. The first kappa shape index (κ1) is 12.9. The highest BCUT2D eigenvalue weighted by Crippen LogP contribution is 2.26. The Kier molecular flexibility index (Phi) is 3.52. The van der Waals surface area contributed by atoms with E-state index in [1.807, 2.05) is 12.1 Å². The number of anilines is 1. The molecule has 20 heavy (non-hydrogen) atoms. The van der Waals surface area contributed by atoms with Crippen LogP contribution in [0, 0.1) is 5.82 Å². The van der Waals surface area contributed by atoms with Crippen LogP contribution in [-0.4, -0.2) is 9.97 Å². The second-order valence-corrected chi connectivity index (χ2v) is 5.35. The number of nitrogens with zero attached hydrogens (tertiary/aromatic N) is 2. The molecule has 0 saturated heterocycles. The van der Waals surface area contributed by atoms with Crippen molar-refractivity contribution in [3.63, 3.8) is 0 Å². The van der Waals surface area contributed by atoms with Crippen molar-refractivity contribution in [1.82, 2.24) is 9.97 Å². The number of hydrogen-bond donors (Lipinski definition) is 1. The molecule has 3 aromatic rings. The molecule has 3 rings (SSSR count). The van der Waals surface area contributed by atoms with Crippen LogP contribution in [-0.2, 0) is 5.75 Å². The summed E-state index contributed by atoms with van der Waals surface area (Å²) in [7, 11) is 0. The van der Waals surface area contributed by atoms with Crippen molar-refractivity contribution in [2.45, 2.75) is 10.8 Å². The van der Waals surface area contributed by atoms with Crippen molar-refractivity contribution in [2.24, 2.45) is 0 Å². The minimum absolute atomic E-state index is 0.244. The zero-order valence-electron chi connectivity index (χ0n) is 10.6. The Hall–Kier alpha value is -2.14. The minimum Gasteiger partial charge on any atom is -0.397 e. The number of thioether (sulfide) groups is 1. The molecule has 1 aromatic carbocycles. The van der Waals surface area contributed by atoms with Crippen LogP contribution in [0.5, 0.6) is 0 Å². The summed E-state index contributed by atoms with van der Waals surface area (Å²) in [6.45, 7) is 0. The van der Waals surface area contributed by atoms with E-state index in [0.717, 1.165) is 21.5 Å². The molecule has 0 fully saturated rings. The lowest BCUT2D eigenvalue weighted by atomic mass is 10.1. The predicted octanol–water partition coefficient (Wildman–Crippen LogP) is 3.64. The molecule has 0 radical (unpaired) electrons. The van der Waals surface area contributed by atoms with Crippen LogP contribution in [0.4, 0.5) is 10.1 Å². The van der Waals surface area contributed by atoms with Gasteiger partial charge in [-0.1, -0.05) is 6.07 Å². The van der Waals surface area contributed by atoms with Crippen molar-refractivity contribution >= 4 is 28.4 Å². The van der Waals surface area contributed by atoms with E-state index < -0.39 is 0 Å². The van der Waals surface area contributed by atoms with Crippen molar-refractivity contribution in [2.75, 3.05) is 5.73 Å². The second kappa shape index (κ2) is 5.46. The van der Waals surface area contributed by atoms with Gasteiger partial charge < -0.3 is 5.73 Å². The molecule has 0 spiro atoms. The summed E-state index contributed by atoms with van der Waals surface area (Å²) in [5, 5.41) is 1.67. The SMILES string of the molecule is Nc1ccc(SCc2cc(F)cc3cccnc23)nc1. The van der Waals surface area contributed by atoms with Gasteiger partial charge in [-0.15, -0.1) is 11.8 Å². The summed E-state index contributed by atoms with van der Waals surface area (Å²) in [6.07, 6.45) is 3.33. The van der Waals surface area contributed by atoms with Crippen molar-refractivity contribution < 1.29 is 4.39 Å². The Labute approximate surface area is 120 Å². The number of hydrogen-bond acceptors (Lipinski definition) is 4. The standard InChI is InChI=1S/C15H12FN3S/c16-12-6-10-2-1-5-18-15(10)11(7-12)9-20-14-4-3-13(17)8-19-14/h1-8H,9,17H2. The number of fused-ring (bicyclic) bond motifs is 1. The zero-order chi connectivity index (χ0) is 13.9. The van der Waals surface area contributed by atoms with Gasteiger partial charge in [-0.3, -0.25) is 4.98 Å². The van der Waals surface area contributed by atoms with Crippen LogP contribution >= 0.6 is 11.8 Å². The van der Waals surface area contributed by atoms with Crippen molar-refractivity contribution in [3.8, 4) is 0 Å². The maximum Gasteiger partial charge on any atom is 0.124 e. The van der Waals surface area contributed by atoms with Gasteiger partial charge in [-0.05, 0) is 35.9 Å². The lowest BCUT2D eigenvalue weighted by Gasteiger charge is -2.06. The van der Waals surface area contributed by atoms with E-state index in [1.165, 1.54) is 23.9 Å². The molecular formula is C15H12FN3S. The molecule has 0 atom stereocenters. The first-order valence-corrected chi connectivity index (χ1v) is 7.08. The highest BCUT2D eigenvalue weighted by atomic mass is 32.2. The van der Waals surface area contributed by atoms with Crippen LogP contribution in [0.15, 0.2) is 53.8 Å². The highest BCUT2D eigenvalue weighted by molar-refractivity contribution is 7.98. The van der Waals surface area contributed by atoms with Crippen LogP contribution in [0.2, 0.25) is 0 Å². The fourth-order valence-corrected chi connectivity index (χ4v) is 2.78. The first-order chi connectivity index (χ1) is 9.72. The monoisotopic (exact) mass is 285 g/mol. The van der Waals surface area contributed by atoms with E-state index in [1.54, 1.807) is 24.5 Å². The average molecular weight is 285 g/mol. The molecule has 0 aliphatic carbocycles. The first-order valence-electron chi connectivity index (χ1n) is 6.10. The molecule has 3 nitrogen and oxygen atoms in total. The number of nitrogen functional groups attached to an aromatic ring is 1. The fourth-order valence-electron chi connectivity index (χ4n) is 1.97. The molecule has 0 saturated carbocycles. The summed E-state index contributed by atoms with van der Waals surface area (Å²) < 4.78 is 13.6. The molecular weight excluding hydrogens is 273 g/mol. The number of nitrogens with two attached hydrogens (primary N) is 1. The van der Waals surface area contributed by atoms with E-state index in [2.05, 4.69) is 9.97 Å². The topological polar surface area (TPSA) is 51.8 Å². The number of halogens is 1. The van der Waals surface area contributed by atoms with Crippen LogP contribution in [0.25, 0.3) is 10.9 Å². The molecule has 2 heterocycles. The van der Waals surface area contributed by atoms with Gasteiger partial charge in [0.15, 0.2) is 0 Å². The van der Waals surface area contributed by atoms with Crippen molar-refractivity contribution in [1.29, 1.82) is 0 Å². The molecule has 0 amide bonds. The maximum atomic E-state index is 13.6. The molecule has 0 aliphatic heterocycles. The Balaban J connectivity index is 1.88. The fraction of sp³-hybridized carbons (Fsp3) is 0.0667. The molecule has 0 bridgehead atoms. The zero-order valence-corrected chi connectivity index (χ0v) is 11.4. The predicted molar refractivity (Wildman–Crippen MR) is 79.9 cm³/mol. The number of rotatable bonds is 3. The van der Waals surface area contributed by atoms with Gasteiger partial charge >= 0.3 is 0 Å². The summed E-state index contributed by atoms with van der Waals surface area (Å²) in [5.74, 6) is 0.369. The third kappa shape index (κ3) is 2.72. The molecule has 5 heteroatoms. The largest absolute Gasteiger partial charge is 0.397 e. The summed E-state index contributed by atoms with van der Waals surface area (Å²) in [4.78, 5) is 8.55. The Morgan fingerprint density at radius 3 is 2.85 bits per heavy atom. The van der Waals surface area contributed by atoms with E-state index in [0.29, 0.717) is 11.4 Å². The van der Waals surface area contributed by atoms with Crippen LogP contribution in [0.3, 0.4) is 0 Å². The van der Waals surface area contributed by atoms with E-state index in [9.17, 15) is 4.39 Å². The van der Waals surface area contributed by atoms with E-state index in [-0.39, 0.29) is 5.82 Å². The van der Waals surface area contributed by atoms with Crippen molar-refractivity contribution in [3.05, 3.63) is 60.2 Å². The number of pyridine rings is 2. The number of aromatic nitrogens is 2. The van der Waals surface area contributed by atoms with Gasteiger partial charge in [0.05, 0.1) is 22.4 Å². The molecule has 2 aromatic heterocycles. The quantitative estimate of drug-likeness (QED) is 0.746. The van der Waals surface area contributed by atoms with Gasteiger partial charge in [0.25, 0.3) is 0 Å². The normalized spacial score (nSPS) is 10.8. The van der Waals surface area contributed by atoms with Gasteiger partial charge in [-0.2, -0.15) is 0 Å². The molecule has 0 aliphatic rings. The van der Waals surface area contributed by atoms with Gasteiger partial charge in [0, 0.05) is 17.3 Å². The third-order valence-electron chi connectivity index (χ3n) is 2.88. The summed E-state index contributed by atoms with van der Waals surface area (Å²) in [6, 6.07) is 10.4. The Morgan fingerprint density at radius 1 is 1.15 bits per heavy atom. The lowest BCUT2D eigenvalue weighted by molar-refractivity contribution is 0.628. The van der Waals surface area contributed by atoms with E-state index >= 15 is 0 Å². The van der Waals surface area contributed by atoms with Gasteiger partial charge in [0.1, 0.15) is 5.82 Å². The molecule has 2 N–H and O–H groups in total. The van der Waals surface area contributed by atoms with Gasteiger partial charge in [-0.25, -0.2) is 9.37 Å². The number of benzene rings is 1. The van der Waals surface area contributed by atoms with Crippen LogP contribution < -0.4 is 5.73 Å². The smallest absolute Gasteiger partial charge is 0.124 e. The highest BCUT2D eigenvalue weighted by Gasteiger charge is 2.06. The second-order valence-electron chi connectivity index (χ2n) is 4.36. The third-order valence-corrected chi connectivity index (χ3v) is 3.88. The lowest BCUT2D eigenvalue weighted by Crippen LogP contribution is -1.91. The van der Waals surface area contributed by atoms with Crippen LogP contribution in [0.1, 0.15) is 5.56 Å². The molecule has 100 valence electrons. The summed E-state index contributed by atoms with van der Waals surface area (Å²) in [5.41, 5.74) is 7.92. The van der Waals surface area contributed by atoms with E-state index in [4.69, 9.17) is 5.73 Å². The van der Waals surface area contributed by atoms with Gasteiger partial charge in [0.2, 0.25) is 0 Å². The summed E-state index contributed by atoms with van der Waals surface area (Å²) >= 11 is 1.53. The maximum absolute atomic E-state index is 13.6. The Bertz CT molecular complexity index is 744. The minimum atomic E-state index is -0.244. The average Bonchev–Trinajstić information content (AvgIpc) is 2.46.